The molecule has 0 spiro atoms. The quantitative estimate of drug-likeness (QED) is 0.0908. The lowest BCUT2D eigenvalue weighted by molar-refractivity contribution is -0.0458. The maximum absolute atomic E-state index is 11.7. The van der Waals surface area contributed by atoms with Crippen LogP contribution in [0, 0.1) is 17.8 Å². The molecular weight excluding hydrogens is 609 g/mol. The van der Waals surface area contributed by atoms with E-state index in [1.54, 1.807) is 0 Å². The van der Waals surface area contributed by atoms with Crippen LogP contribution in [0.5, 0.6) is 0 Å². The minimum absolute atomic E-state index is 0.0588. The third-order valence-corrected chi connectivity index (χ3v) is 14.4. The second-order valence-corrected chi connectivity index (χ2v) is 18.7. The fraction of sp³-hybridized carbons (Fsp3) is 0.395. The highest BCUT2D eigenvalue weighted by atomic mass is 28.4. The Bertz CT molecular complexity index is 1460. The molecule has 4 nitrogen and oxygen atoms in total. The zero-order valence-electron chi connectivity index (χ0n) is 30.0. The Kier molecular flexibility index (Phi) is 14.0. The van der Waals surface area contributed by atoms with Crippen molar-refractivity contribution >= 4 is 18.7 Å². The molecule has 0 aliphatic heterocycles. The molecule has 256 valence electrons. The first-order valence-electron chi connectivity index (χ1n) is 17.4. The second kappa shape index (κ2) is 17.9. The molecule has 1 unspecified atom stereocenters. The standard InChI is InChI=1S/C43H56O4Si/c1-33(28-34(2)42(46-32-38-22-14-9-15-23-38)36(4)29-45-31-37-20-12-8-13-21-37)41(44)35(3)30-47-48(43(5,6)7,39-24-16-10-17-25-39)40-26-18-11-19-27-40/h8-28,34-36,41-42,44H,29-32H2,1-7H3/b33-28+/t34-,35+,36-,41?,42+/m1/s1. The topological polar surface area (TPSA) is 47.9 Å². The van der Waals surface area contributed by atoms with Crippen LogP contribution in [0.4, 0.5) is 0 Å². The molecule has 0 saturated heterocycles. The van der Waals surface area contributed by atoms with Crippen molar-refractivity contribution in [3.05, 3.63) is 144 Å². The minimum atomic E-state index is -2.70. The second-order valence-electron chi connectivity index (χ2n) is 14.4. The lowest BCUT2D eigenvalue weighted by atomic mass is 9.89. The summed E-state index contributed by atoms with van der Waals surface area (Å²) in [5.74, 6) is 0.0958. The van der Waals surface area contributed by atoms with Crippen LogP contribution < -0.4 is 10.4 Å². The van der Waals surface area contributed by atoms with Gasteiger partial charge in [0.1, 0.15) is 0 Å². The molecule has 5 atom stereocenters. The van der Waals surface area contributed by atoms with E-state index in [0.717, 1.165) is 16.7 Å². The number of aliphatic hydroxyl groups is 1. The Labute approximate surface area is 290 Å². The fourth-order valence-electron chi connectivity index (χ4n) is 6.80. The SMILES string of the molecule is C/C(=C\[C@@H](C)[C@H](OCc1ccccc1)[C@H](C)COCc1ccccc1)C(O)[C@@H](C)CO[Si](c1ccccc1)(c1ccccc1)C(C)(C)C. The summed E-state index contributed by atoms with van der Waals surface area (Å²) in [6.45, 7) is 17.5. The van der Waals surface area contributed by atoms with Crippen LogP contribution in [-0.2, 0) is 27.1 Å². The third-order valence-electron chi connectivity index (χ3n) is 9.37. The molecule has 0 aliphatic rings. The smallest absolute Gasteiger partial charge is 0.261 e. The molecule has 0 aliphatic carbocycles. The van der Waals surface area contributed by atoms with Crippen LogP contribution >= 0.6 is 0 Å². The summed E-state index contributed by atoms with van der Waals surface area (Å²) in [6, 6.07) is 41.9. The number of hydrogen-bond donors (Lipinski definition) is 1. The molecule has 1 N–H and O–H groups in total. The summed E-state index contributed by atoms with van der Waals surface area (Å²) >= 11 is 0. The van der Waals surface area contributed by atoms with Crippen LogP contribution in [0.2, 0.25) is 5.04 Å². The Morgan fingerprint density at radius 3 is 1.60 bits per heavy atom. The van der Waals surface area contributed by atoms with Gasteiger partial charge in [0.15, 0.2) is 0 Å². The Morgan fingerprint density at radius 1 is 0.667 bits per heavy atom. The van der Waals surface area contributed by atoms with E-state index in [2.05, 4.69) is 133 Å². The molecule has 48 heavy (non-hydrogen) atoms. The fourth-order valence-corrected chi connectivity index (χ4v) is 11.5. The Morgan fingerprint density at radius 2 is 1.12 bits per heavy atom. The third kappa shape index (κ3) is 9.87. The Hall–Kier alpha value is -3.32. The van der Waals surface area contributed by atoms with E-state index in [1.165, 1.54) is 10.4 Å². The molecule has 0 saturated carbocycles. The summed E-state index contributed by atoms with van der Waals surface area (Å²) in [4.78, 5) is 0. The van der Waals surface area contributed by atoms with Gasteiger partial charge in [-0.25, -0.2) is 0 Å². The first kappa shape index (κ1) is 37.5. The monoisotopic (exact) mass is 664 g/mol. The number of benzene rings is 4. The van der Waals surface area contributed by atoms with Crippen molar-refractivity contribution in [3.8, 4) is 0 Å². The van der Waals surface area contributed by atoms with Crippen molar-refractivity contribution in [2.45, 2.75) is 78.9 Å². The van der Waals surface area contributed by atoms with E-state index in [0.29, 0.717) is 26.4 Å². The van der Waals surface area contributed by atoms with Crippen molar-refractivity contribution in [1.29, 1.82) is 0 Å². The van der Waals surface area contributed by atoms with Crippen molar-refractivity contribution in [3.63, 3.8) is 0 Å². The predicted octanol–water partition coefficient (Wildman–Crippen LogP) is 8.58. The zero-order chi connectivity index (χ0) is 34.6. The molecule has 4 aromatic carbocycles. The van der Waals surface area contributed by atoms with Gasteiger partial charge in [-0.2, -0.15) is 0 Å². The van der Waals surface area contributed by atoms with Crippen molar-refractivity contribution in [1.82, 2.24) is 0 Å². The van der Waals surface area contributed by atoms with E-state index in [4.69, 9.17) is 13.9 Å². The molecule has 4 aromatic rings. The van der Waals surface area contributed by atoms with Gasteiger partial charge in [0, 0.05) is 24.4 Å². The maximum Gasteiger partial charge on any atom is 0.261 e. The van der Waals surface area contributed by atoms with Crippen LogP contribution in [0.1, 0.15) is 59.6 Å². The van der Waals surface area contributed by atoms with Gasteiger partial charge >= 0.3 is 0 Å². The molecular formula is C43H56O4Si. The van der Waals surface area contributed by atoms with Crippen molar-refractivity contribution in [2.75, 3.05) is 13.2 Å². The van der Waals surface area contributed by atoms with E-state index in [-0.39, 0.29) is 28.9 Å². The first-order chi connectivity index (χ1) is 23.0. The molecule has 4 rings (SSSR count). The van der Waals surface area contributed by atoms with Gasteiger partial charge in [-0.15, -0.1) is 0 Å². The molecule has 0 aromatic heterocycles. The number of rotatable bonds is 17. The molecule has 5 heteroatoms. The van der Waals surface area contributed by atoms with Crippen molar-refractivity contribution in [2.24, 2.45) is 17.8 Å². The summed E-state index contributed by atoms with van der Waals surface area (Å²) < 4.78 is 19.9. The Balaban J connectivity index is 1.49. The molecule has 0 heterocycles. The lowest BCUT2D eigenvalue weighted by Gasteiger charge is -2.43. The van der Waals surface area contributed by atoms with Crippen LogP contribution in [0.15, 0.2) is 133 Å². The van der Waals surface area contributed by atoms with E-state index in [9.17, 15) is 5.11 Å². The number of ether oxygens (including phenoxy) is 2. The normalized spacial score (nSPS) is 15.8. The largest absolute Gasteiger partial charge is 0.407 e. The van der Waals surface area contributed by atoms with E-state index >= 15 is 0 Å². The van der Waals surface area contributed by atoms with Crippen LogP contribution in [0.3, 0.4) is 0 Å². The number of hydrogen-bond acceptors (Lipinski definition) is 4. The summed E-state index contributed by atoms with van der Waals surface area (Å²) in [6.07, 6.45) is 1.45. The number of aliphatic hydroxyl groups excluding tert-OH is 1. The van der Waals surface area contributed by atoms with Gasteiger partial charge in [0.25, 0.3) is 8.32 Å². The van der Waals surface area contributed by atoms with Gasteiger partial charge in [0.2, 0.25) is 0 Å². The maximum atomic E-state index is 11.7. The van der Waals surface area contributed by atoms with Crippen molar-refractivity contribution < 1.29 is 19.0 Å². The molecule has 0 radical (unpaired) electrons. The zero-order valence-corrected chi connectivity index (χ0v) is 31.0. The highest BCUT2D eigenvalue weighted by Crippen LogP contribution is 2.37. The summed E-state index contributed by atoms with van der Waals surface area (Å²) in [7, 11) is -2.70. The highest BCUT2D eigenvalue weighted by Gasteiger charge is 2.50. The van der Waals surface area contributed by atoms with Gasteiger partial charge < -0.3 is 19.0 Å². The van der Waals surface area contributed by atoms with Gasteiger partial charge in [-0.3, -0.25) is 0 Å². The highest BCUT2D eigenvalue weighted by molar-refractivity contribution is 6.99. The average Bonchev–Trinajstić information content (AvgIpc) is 3.09. The molecule has 0 fully saturated rings. The van der Waals surface area contributed by atoms with Gasteiger partial charge in [0.05, 0.1) is 32.0 Å². The summed E-state index contributed by atoms with van der Waals surface area (Å²) in [5.41, 5.74) is 3.24. The van der Waals surface area contributed by atoms with Crippen LogP contribution in [-0.4, -0.2) is 38.8 Å². The predicted molar refractivity (Wildman–Crippen MR) is 202 cm³/mol. The molecule has 0 amide bonds. The average molecular weight is 665 g/mol. The lowest BCUT2D eigenvalue weighted by Crippen LogP contribution is -2.67. The van der Waals surface area contributed by atoms with Crippen LogP contribution in [0.25, 0.3) is 0 Å². The minimum Gasteiger partial charge on any atom is -0.407 e. The first-order valence-corrected chi connectivity index (χ1v) is 19.3. The van der Waals surface area contributed by atoms with E-state index < -0.39 is 14.4 Å². The summed E-state index contributed by atoms with van der Waals surface area (Å²) in [5, 5.41) is 14.0. The van der Waals surface area contributed by atoms with Gasteiger partial charge in [-0.1, -0.05) is 169 Å². The molecule has 0 bridgehead atoms. The van der Waals surface area contributed by atoms with E-state index in [1.807, 2.05) is 43.3 Å². The van der Waals surface area contributed by atoms with Gasteiger partial charge in [-0.05, 0) is 39.0 Å².